The number of fused-ring (bicyclic) bond motifs is 2. The number of carbonyl (C=O) groups excluding carboxylic acids is 3. The molecule has 4 aromatic carbocycles. The van der Waals surface area contributed by atoms with E-state index >= 15 is 0 Å². The molecule has 8 nitrogen and oxygen atoms in total. The minimum atomic E-state index is -0.107. The van der Waals surface area contributed by atoms with Crippen LogP contribution >= 0.6 is 0 Å². The van der Waals surface area contributed by atoms with Crippen molar-refractivity contribution in [3.8, 4) is 11.3 Å². The van der Waals surface area contributed by atoms with Gasteiger partial charge in [-0.05, 0) is 104 Å². The molecule has 7 rings (SSSR count). The summed E-state index contributed by atoms with van der Waals surface area (Å²) in [5.74, 6) is -0.0669. The van der Waals surface area contributed by atoms with Crippen molar-refractivity contribution in [2.45, 2.75) is 58.8 Å². The highest BCUT2D eigenvalue weighted by Gasteiger charge is 2.32. The minimum absolute atomic E-state index is 0.00873. The highest BCUT2D eigenvalue weighted by molar-refractivity contribution is 6.08. The number of hydrogen-bond donors (Lipinski definition) is 0. The molecule has 272 valence electrons. The molecule has 0 bridgehead atoms. The van der Waals surface area contributed by atoms with E-state index in [0.29, 0.717) is 43.6 Å². The fourth-order valence-electron chi connectivity index (χ4n) is 7.93. The van der Waals surface area contributed by atoms with Gasteiger partial charge in [-0.25, -0.2) is 0 Å². The van der Waals surface area contributed by atoms with Crippen LogP contribution in [0.5, 0.6) is 0 Å². The summed E-state index contributed by atoms with van der Waals surface area (Å²) in [6, 6.07) is 32.3. The van der Waals surface area contributed by atoms with Gasteiger partial charge in [0.2, 0.25) is 5.91 Å². The molecule has 0 unspecified atom stereocenters. The Morgan fingerprint density at radius 3 is 2.23 bits per heavy atom. The van der Waals surface area contributed by atoms with Gasteiger partial charge >= 0.3 is 0 Å². The summed E-state index contributed by atoms with van der Waals surface area (Å²) in [7, 11) is 7.84. The molecule has 0 saturated carbocycles. The van der Waals surface area contributed by atoms with Gasteiger partial charge in [0.25, 0.3) is 11.8 Å². The molecule has 1 atom stereocenters. The predicted molar refractivity (Wildman–Crippen MR) is 211 cm³/mol. The van der Waals surface area contributed by atoms with E-state index in [4.69, 9.17) is 0 Å². The number of aromatic nitrogens is 1. The number of carbonyl (C=O) groups is 3. The van der Waals surface area contributed by atoms with Crippen molar-refractivity contribution in [1.82, 2.24) is 19.3 Å². The molecule has 2 aliphatic heterocycles. The van der Waals surface area contributed by atoms with Crippen LogP contribution in [0.15, 0.2) is 97.1 Å². The summed E-state index contributed by atoms with van der Waals surface area (Å²) >= 11 is 0. The second kappa shape index (κ2) is 14.9. The molecule has 1 aromatic heterocycles. The first kappa shape index (κ1) is 35.9. The van der Waals surface area contributed by atoms with Crippen LogP contribution in [0, 0.1) is 6.92 Å². The van der Waals surface area contributed by atoms with Gasteiger partial charge < -0.3 is 24.2 Å². The average molecular weight is 708 g/mol. The van der Waals surface area contributed by atoms with E-state index in [1.54, 1.807) is 11.9 Å². The van der Waals surface area contributed by atoms with E-state index in [9.17, 15) is 14.4 Å². The van der Waals surface area contributed by atoms with Gasteiger partial charge in [-0.1, -0.05) is 66.7 Å². The summed E-state index contributed by atoms with van der Waals surface area (Å²) in [6.45, 7) is 6.47. The Morgan fingerprint density at radius 1 is 0.755 bits per heavy atom. The smallest absolute Gasteiger partial charge is 0.259 e. The minimum Gasteiger partial charge on any atom is -0.347 e. The van der Waals surface area contributed by atoms with E-state index < -0.39 is 0 Å². The Hall–Kier alpha value is -5.47. The molecule has 0 N–H and O–H groups in total. The summed E-state index contributed by atoms with van der Waals surface area (Å²) in [5, 5.41) is 0. The molecule has 0 spiro atoms. The quantitative estimate of drug-likeness (QED) is 0.173. The van der Waals surface area contributed by atoms with E-state index in [2.05, 4.69) is 48.2 Å². The van der Waals surface area contributed by atoms with Crippen molar-refractivity contribution in [3.05, 3.63) is 147 Å². The topological polar surface area (TPSA) is 69.1 Å². The lowest BCUT2D eigenvalue weighted by Gasteiger charge is -2.36. The number of para-hydroxylation sites is 1. The Morgan fingerprint density at radius 2 is 1.47 bits per heavy atom. The van der Waals surface area contributed by atoms with Crippen molar-refractivity contribution < 1.29 is 14.4 Å². The largest absolute Gasteiger partial charge is 0.347 e. The fourth-order valence-corrected chi connectivity index (χ4v) is 7.93. The number of amides is 3. The third kappa shape index (κ3) is 7.29. The van der Waals surface area contributed by atoms with Gasteiger partial charge in [-0.3, -0.25) is 14.4 Å². The fraction of sp³-hybridized carbons (Fsp3) is 0.311. The first-order chi connectivity index (χ1) is 25.5. The van der Waals surface area contributed by atoms with E-state index in [1.165, 1.54) is 11.1 Å². The second-order valence-corrected chi connectivity index (χ2v) is 15.0. The number of anilines is 1. The van der Waals surface area contributed by atoms with Crippen LogP contribution in [-0.2, 0) is 50.7 Å². The lowest BCUT2D eigenvalue weighted by atomic mass is 9.89. The van der Waals surface area contributed by atoms with Crippen LogP contribution in [0.25, 0.3) is 11.3 Å². The second-order valence-electron chi connectivity index (χ2n) is 15.0. The van der Waals surface area contributed by atoms with Crippen LogP contribution in [0.2, 0.25) is 0 Å². The molecule has 0 radical (unpaired) electrons. The summed E-state index contributed by atoms with van der Waals surface area (Å²) in [5.41, 5.74) is 11.2. The average Bonchev–Trinajstić information content (AvgIpc) is 3.45. The molecule has 0 fully saturated rings. The molecule has 3 amide bonds. The number of benzene rings is 4. The lowest BCUT2D eigenvalue weighted by Crippen LogP contribution is -2.43. The molecule has 8 heteroatoms. The van der Waals surface area contributed by atoms with Crippen molar-refractivity contribution in [1.29, 1.82) is 0 Å². The zero-order valence-electron chi connectivity index (χ0n) is 31.7. The SMILES string of the molecule is Cc1c(C(=O)N(C)c2ccccc2)cc(-c2cc3c(cc2C(=O)N2Cc4ccccc4C[C@H]2C)CN(C(=O)Cc2cccc(CN(C)C)c2)CC3)n1C. The number of nitrogens with zero attached hydrogens (tertiary/aromatic N) is 5. The Kier molecular flexibility index (Phi) is 10.1. The number of hydrogen-bond acceptors (Lipinski definition) is 4. The normalized spacial score (nSPS) is 15.3. The van der Waals surface area contributed by atoms with Gasteiger partial charge in [0.05, 0.1) is 12.0 Å². The molecule has 53 heavy (non-hydrogen) atoms. The van der Waals surface area contributed by atoms with Crippen molar-refractivity contribution in [2.75, 3.05) is 32.6 Å². The third-order valence-electron chi connectivity index (χ3n) is 11.0. The van der Waals surface area contributed by atoms with E-state index in [0.717, 1.165) is 57.9 Å². The highest BCUT2D eigenvalue weighted by atomic mass is 16.2. The molecular weight excluding hydrogens is 659 g/mol. The summed E-state index contributed by atoms with van der Waals surface area (Å²) < 4.78 is 2.03. The van der Waals surface area contributed by atoms with E-state index in [-0.39, 0.29) is 23.8 Å². The molecular formula is C45H49N5O3. The van der Waals surface area contributed by atoms with Crippen LogP contribution < -0.4 is 4.90 Å². The van der Waals surface area contributed by atoms with Gasteiger partial charge in [-0.2, -0.15) is 0 Å². The Balaban J connectivity index is 1.24. The molecule has 0 aliphatic carbocycles. The van der Waals surface area contributed by atoms with Crippen molar-refractivity contribution in [3.63, 3.8) is 0 Å². The van der Waals surface area contributed by atoms with Gasteiger partial charge in [0, 0.05) is 74.5 Å². The number of rotatable bonds is 8. The maximum absolute atomic E-state index is 14.9. The Labute approximate surface area is 313 Å². The first-order valence-electron chi connectivity index (χ1n) is 18.5. The molecule has 3 heterocycles. The highest BCUT2D eigenvalue weighted by Crippen LogP contribution is 2.36. The monoisotopic (exact) mass is 707 g/mol. The summed E-state index contributed by atoms with van der Waals surface area (Å²) in [6.07, 6.45) is 1.80. The first-order valence-corrected chi connectivity index (χ1v) is 18.5. The third-order valence-corrected chi connectivity index (χ3v) is 11.0. The van der Waals surface area contributed by atoms with E-state index in [1.807, 2.05) is 103 Å². The summed E-state index contributed by atoms with van der Waals surface area (Å²) in [4.78, 5) is 50.2. The lowest BCUT2D eigenvalue weighted by molar-refractivity contribution is -0.131. The van der Waals surface area contributed by atoms with Crippen molar-refractivity contribution in [2.24, 2.45) is 7.05 Å². The molecule has 5 aromatic rings. The molecule has 2 aliphatic rings. The Bertz CT molecular complexity index is 2190. The maximum Gasteiger partial charge on any atom is 0.259 e. The maximum atomic E-state index is 14.9. The van der Waals surface area contributed by atoms with Crippen LogP contribution in [0.1, 0.15) is 66.7 Å². The predicted octanol–water partition coefficient (Wildman–Crippen LogP) is 7.05. The van der Waals surface area contributed by atoms with Crippen LogP contribution in [0.4, 0.5) is 5.69 Å². The van der Waals surface area contributed by atoms with Gasteiger partial charge in [-0.15, -0.1) is 0 Å². The van der Waals surface area contributed by atoms with Crippen LogP contribution in [-0.4, -0.2) is 70.7 Å². The van der Waals surface area contributed by atoms with Crippen LogP contribution in [0.3, 0.4) is 0 Å². The van der Waals surface area contributed by atoms with Gasteiger partial charge in [0.1, 0.15) is 0 Å². The zero-order valence-corrected chi connectivity index (χ0v) is 31.7. The molecule has 0 saturated heterocycles. The zero-order chi connectivity index (χ0) is 37.4. The standard InChI is InChI=1S/C45H49N5O3/c1-30-21-34-15-10-11-16-36(34)29-50(30)45(53)41-25-37-28-49(43(51)23-32-13-12-14-33(22-32)27-46(3)4)20-19-35(37)24-40(41)42-26-39(31(2)47(42)5)44(52)48(6)38-17-8-7-9-18-38/h7-18,22,24-26,30H,19-21,23,27-29H2,1-6H3/t30-/m1/s1. The van der Waals surface area contributed by atoms with Gasteiger partial charge in [0.15, 0.2) is 0 Å². The van der Waals surface area contributed by atoms with Crippen molar-refractivity contribution >= 4 is 23.4 Å².